The molecule has 0 bridgehead atoms. The van der Waals surface area contributed by atoms with Gasteiger partial charge in [-0.1, -0.05) is 343 Å². The molecule has 0 aliphatic carbocycles. The summed E-state index contributed by atoms with van der Waals surface area (Å²) >= 11 is 0. The van der Waals surface area contributed by atoms with Crippen molar-refractivity contribution in [2.24, 2.45) is 0 Å². The normalized spacial score (nSPS) is 12.7. The fraction of sp³-hybridized carbons (Fsp3) is 0.750. The summed E-state index contributed by atoms with van der Waals surface area (Å²) in [6.07, 6.45) is 94.4. The summed E-state index contributed by atoms with van der Waals surface area (Å²) < 4.78 is 16.9. The Morgan fingerprint density at radius 1 is 0.256 bits per heavy atom. The Morgan fingerprint density at radius 2 is 0.476 bits per heavy atom. The molecule has 0 aliphatic rings. The fourth-order valence-corrected chi connectivity index (χ4v) is 10.1. The van der Waals surface area contributed by atoms with Gasteiger partial charge in [-0.15, -0.1) is 0 Å². The Bertz CT molecular complexity index is 1590. The summed E-state index contributed by atoms with van der Waals surface area (Å²) in [5.41, 5.74) is 0. The van der Waals surface area contributed by atoms with Crippen molar-refractivity contribution in [3.05, 3.63) is 97.2 Å². The number of carbonyl (C=O) groups is 3. The zero-order valence-electron chi connectivity index (χ0n) is 54.2. The second kappa shape index (κ2) is 69.8. The van der Waals surface area contributed by atoms with Crippen molar-refractivity contribution in [3.63, 3.8) is 0 Å². The highest BCUT2D eigenvalue weighted by atomic mass is 16.6. The second-order valence-electron chi connectivity index (χ2n) is 23.4. The Labute approximate surface area is 508 Å². The van der Waals surface area contributed by atoms with Crippen molar-refractivity contribution in [2.45, 2.75) is 354 Å². The van der Waals surface area contributed by atoms with Gasteiger partial charge in [0.2, 0.25) is 0 Å². The lowest BCUT2D eigenvalue weighted by molar-refractivity contribution is -0.167. The molecule has 0 saturated heterocycles. The van der Waals surface area contributed by atoms with Crippen LogP contribution in [0.2, 0.25) is 0 Å². The van der Waals surface area contributed by atoms with E-state index in [1.807, 2.05) is 0 Å². The van der Waals surface area contributed by atoms with E-state index in [0.717, 1.165) is 116 Å². The molecule has 1 unspecified atom stereocenters. The van der Waals surface area contributed by atoms with Crippen LogP contribution in [-0.4, -0.2) is 37.2 Å². The van der Waals surface area contributed by atoms with Crippen LogP contribution in [0.1, 0.15) is 348 Å². The summed E-state index contributed by atoms with van der Waals surface area (Å²) in [5.74, 6) is -0.867. The molecule has 0 heterocycles. The van der Waals surface area contributed by atoms with E-state index in [4.69, 9.17) is 14.2 Å². The predicted molar refractivity (Wildman–Crippen MR) is 357 cm³/mol. The highest BCUT2D eigenvalue weighted by Gasteiger charge is 2.19. The average Bonchev–Trinajstić information content (AvgIpc) is 3.48. The van der Waals surface area contributed by atoms with Gasteiger partial charge in [0.25, 0.3) is 0 Å². The van der Waals surface area contributed by atoms with Crippen molar-refractivity contribution in [1.82, 2.24) is 0 Å². The summed E-state index contributed by atoms with van der Waals surface area (Å²) in [6, 6.07) is 0. The zero-order valence-corrected chi connectivity index (χ0v) is 54.2. The number of esters is 3. The van der Waals surface area contributed by atoms with Crippen LogP contribution in [0.15, 0.2) is 97.2 Å². The molecule has 0 aromatic rings. The van der Waals surface area contributed by atoms with E-state index >= 15 is 0 Å². The van der Waals surface area contributed by atoms with Crippen LogP contribution in [-0.2, 0) is 28.6 Å². The number of hydrogen-bond acceptors (Lipinski definition) is 6. The number of carbonyl (C=O) groups excluding carboxylic acids is 3. The SMILES string of the molecule is CC/C=C\C/C=C\C/C=C\C/C=C\C/C=C\C/C=C\C/C=C\C/C=C\CCCCCCCCCCC(=O)OCC(COC(=O)CCCCCCCCCCCC)OC(=O)CCCCCCCCCCCCCCCCCCCCCCC. The third kappa shape index (κ3) is 67.1. The standard InChI is InChI=1S/C76H132O6/c1-4-7-10-13-16-19-22-24-26-28-30-32-33-34-35-36-37-38-39-40-41-42-43-45-46-48-50-52-54-57-60-63-66-69-75(78)81-72-73(71-80-74(77)68-65-62-59-56-21-18-15-12-9-6-3)82-76(79)70-67-64-61-58-55-53-51-49-47-44-31-29-27-25-23-20-17-14-11-8-5-2/h7,10,16,19,24,26,30,32,34-35,37-38,40-41,43,45,73H,4-6,8-9,11-15,17-18,20-23,25,27-29,31,33,36,39,42,44,46-72H2,1-3H3/b10-7-,19-16-,26-24-,32-30-,35-34-,38-37-,41-40-,45-43-. The van der Waals surface area contributed by atoms with Crippen LogP contribution in [0, 0.1) is 0 Å². The lowest BCUT2D eigenvalue weighted by Crippen LogP contribution is -2.30. The lowest BCUT2D eigenvalue weighted by atomic mass is 10.0. The largest absolute Gasteiger partial charge is 0.462 e. The van der Waals surface area contributed by atoms with Crippen LogP contribution in [0.3, 0.4) is 0 Å². The number of rotatable bonds is 64. The zero-order chi connectivity index (χ0) is 59.2. The van der Waals surface area contributed by atoms with Gasteiger partial charge in [0, 0.05) is 19.3 Å². The van der Waals surface area contributed by atoms with Crippen molar-refractivity contribution in [1.29, 1.82) is 0 Å². The van der Waals surface area contributed by atoms with E-state index in [2.05, 4.69) is 118 Å². The first-order valence-electron chi connectivity index (χ1n) is 35.2. The molecule has 6 nitrogen and oxygen atoms in total. The van der Waals surface area contributed by atoms with E-state index in [-0.39, 0.29) is 31.1 Å². The van der Waals surface area contributed by atoms with Crippen LogP contribution in [0.5, 0.6) is 0 Å². The minimum Gasteiger partial charge on any atom is -0.462 e. The van der Waals surface area contributed by atoms with E-state index in [0.29, 0.717) is 19.3 Å². The third-order valence-corrected chi connectivity index (χ3v) is 15.4. The molecule has 1 atom stereocenters. The molecule has 82 heavy (non-hydrogen) atoms. The first kappa shape index (κ1) is 78.3. The Hall–Kier alpha value is -3.67. The van der Waals surface area contributed by atoms with Crippen molar-refractivity contribution >= 4 is 17.9 Å². The topological polar surface area (TPSA) is 78.9 Å². The molecule has 0 aromatic heterocycles. The summed E-state index contributed by atoms with van der Waals surface area (Å²) in [4.78, 5) is 38.3. The monoisotopic (exact) mass is 1140 g/mol. The third-order valence-electron chi connectivity index (χ3n) is 15.4. The van der Waals surface area contributed by atoms with E-state index in [9.17, 15) is 14.4 Å². The summed E-state index contributed by atoms with van der Waals surface area (Å²) in [5, 5.41) is 0. The Kier molecular flexibility index (Phi) is 66.7. The maximum Gasteiger partial charge on any atom is 0.306 e. The molecular formula is C76H132O6. The minimum absolute atomic E-state index is 0.0745. The molecule has 0 saturated carbocycles. The Balaban J connectivity index is 4.20. The first-order chi connectivity index (χ1) is 40.5. The number of allylic oxidation sites excluding steroid dienone is 16. The molecule has 0 rings (SSSR count). The molecule has 0 spiro atoms. The average molecular weight is 1140 g/mol. The van der Waals surface area contributed by atoms with Crippen LogP contribution in [0.25, 0.3) is 0 Å². The number of hydrogen-bond donors (Lipinski definition) is 0. The number of unbranched alkanes of at least 4 members (excludes halogenated alkanes) is 37. The second-order valence-corrected chi connectivity index (χ2v) is 23.4. The highest BCUT2D eigenvalue weighted by Crippen LogP contribution is 2.18. The van der Waals surface area contributed by atoms with Gasteiger partial charge < -0.3 is 14.2 Å². The summed E-state index contributed by atoms with van der Waals surface area (Å²) in [6.45, 7) is 6.55. The van der Waals surface area contributed by atoms with Crippen molar-refractivity contribution in [2.75, 3.05) is 13.2 Å². The van der Waals surface area contributed by atoms with Crippen molar-refractivity contribution < 1.29 is 28.6 Å². The van der Waals surface area contributed by atoms with E-state index in [1.54, 1.807) is 0 Å². The van der Waals surface area contributed by atoms with Gasteiger partial charge in [0.1, 0.15) is 13.2 Å². The summed E-state index contributed by atoms with van der Waals surface area (Å²) in [7, 11) is 0. The quantitative estimate of drug-likeness (QED) is 0.0261. The van der Waals surface area contributed by atoms with Gasteiger partial charge in [-0.05, 0) is 83.5 Å². The molecule has 0 amide bonds. The first-order valence-corrected chi connectivity index (χ1v) is 35.2. The number of ether oxygens (including phenoxy) is 3. The van der Waals surface area contributed by atoms with Gasteiger partial charge in [-0.3, -0.25) is 14.4 Å². The van der Waals surface area contributed by atoms with Crippen LogP contribution >= 0.6 is 0 Å². The smallest absolute Gasteiger partial charge is 0.306 e. The maximum atomic E-state index is 12.9. The van der Waals surface area contributed by atoms with Gasteiger partial charge >= 0.3 is 17.9 Å². The maximum absolute atomic E-state index is 12.9. The van der Waals surface area contributed by atoms with E-state index in [1.165, 1.54) is 193 Å². The van der Waals surface area contributed by atoms with Crippen molar-refractivity contribution in [3.8, 4) is 0 Å². The Morgan fingerprint density at radius 3 is 0.744 bits per heavy atom. The molecule has 0 N–H and O–H groups in total. The molecule has 0 radical (unpaired) electrons. The van der Waals surface area contributed by atoms with Gasteiger partial charge in [-0.2, -0.15) is 0 Å². The molecule has 0 fully saturated rings. The van der Waals surface area contributed by atoms with Crippen LogP contribution < -0.4 is 0 Å². The molecular weight excluding hydrogens is 1010 g/mol. The highest BCUT2D eigenvalue weighted by molar-refractivity contribution is 5.71. The fourth-order valence-electron chi connectivity index (χ4n) is 10.1. The molecule has 6 heteroatoms. The van der Waals surface area contributed by atoms with Gasteiger partial charge in [0.05, 0.1) is 0 Å². The van der Waals surface area contributed by atoms with E-state index < -0.39 is 6.10 Å². The van der Waals surface area contributed by atoms with Gasteiger partial charge in [0.15, 0.2) is 6.10 Å². The lowest BCUT2D eigenvalue weighted by Gasteiger charge is -2.18. The molecule has 0 aromatic carbocycles. The molecule has 0 aliphatic heterocycles. The predicted octanol–water partition coefficient (Wildman–Crippen LogP) is 24.4. The minimum atomic E-state index is -0.778. The van der Waals surface area contributed by atoms with Crippen LogP contribution in [0.4, 0.5) is 0 Å². The van der Waals surface area contributed by atoms with Gasteiger partial charge in [-0.25, -0.2) is 0 Å². The molecule has 472 valence electrons.